The highest BCUT2D eigenvalue weighted by Gasteiger charge is 2.37. The Kier molecular flexibility index (Phi) is 3.94. The fraction of sp³-hybridized carbons (Fsp3) is 0.333. The molecule has 0 nitrogen and oxygen atoms in total. The van der Waals surface area contributed by atoms with Crippen LogP contribution in [0.5, 0.6) is 0 Å². The maximum Gasteiger partial charge on any atom is 0.418 e. The summed E-state index contributed by atoms with van der Waals surface area (Å²) in [5, 5.41) is 0. The van der Waals surface area contributed by atoms with Gasteiger partial charge in [-0.2, -0.15) is 13.2 Å². The molecule has 0 aliphatic heterocycles. The molecule has 0 atom stereocenters. The first kappa shape index (κ1) is 13.5. The van der Waals surface area contributed by atoms with Gasteiger partial charge in [-0.05, 0) is 56.8 Å². The highest BCUT2D eigenvalue weighted by Crippen LogP contribution is 2.45. The van der Waals surface area contributed by atoms with Crippen LogP contribution in [-0.2, 0) is 6.18 Å². The first-order valence-electron chi connectivity index (χ1n) is 3.88. The lowest BCUT2D eigenvalue weighted by molar-refractivity contribution is -0.138. The fourth-order valence-electron chi connectivity index (χ4n) is 1.19. The minimum atomic E-state index is -4.37. The minimum absolute atomic E-state index is 0.0688. The van der Waals surface area contributed by atoms with Crippen LogP contribution in [0.1, 0.15) is 16.7 Å². The largest absolute Gasteiger partial charge is 0.418 e. The van der Waals surface area contributed by atoms with Crippen molar-refractivity contribution in [2.75, 3.05) is 0 Å². The summed E-state index contributed by atoms with van der Waals surface area (Å²) in [5.41, 5.74) is 0.423. The van der Waals surface area contributed by atoms with Crippen molar-refractivity contribution in [3.63, 3.8) is 0 Å². The van der Waals surface area contributed by atoms with Gasteiger partial charge in [-0.3, -0.25) is 0 Å². The summed E-state index contributed by atoms with van der Waals surface area (Å²) in [5.74, 6) is 0. The van der Waals surface area contributed by atoms with E-state index in [9.17, 15) is 13.2 Å². The van der Waals surface area contributed by atoms with Gasteiger partial charge in [-0.25, -0.2) is 0 Å². The lowest BCUT2D eigenvalue weighted by Crippen LogP contribution is -2.09. The first-order valence-corrected chi connectivity index (χ1v) is 6.26. The zero-order chi connectivity index (χ0) is 12.0. The number of alkyl halides is 3. The summed E-state index contributed by atoms with van der Waals surface area (Å²) >= 11 is 9.20. The second kappa shape index (κ2) is 4.37. The zero-order valence-corrected chi connectivity index (χ0v) is 12.5. The molecule has 0 N–H and O–H groups in total. The van der Waals surface area contributed by atoms with Gasteiger partial charge in [0.05, 0.1) is 5.56 Å². The molecule has 0 fully saturated rings. The maximum atomic E-state index is 12.7. The van der Waals surface area contributed by atoms with Gasteiger partial charge in [-0.1, -0.05) is 15.9 Å². The van der Waals surface area contributed by atoms with Crippen LogP contribution in [0.2, 0.25) is 0 Å². The summed E-state index contributed by atoms with van der Waals surface area (Å²) in [6, 6.07) is 0. The van der Waals surface area contributed by atoms with E-state index >= 15 is 0 Å². The van der Waals surface area contributed by atoms with Gasteiger partial charge in [0.1, 0.15) is 0 Å². The summed E-state index contributed by atoms with van der Waals surface area (Å²) in [4.78, 5) is 0. The van der Waals surface area contributed by atoms with E-state index in [1.807, 2.05) is 0 Å². The molecule has 0 radical (unpaired) electrons. The predicted molar refractivity (Wildman–Crippen MR) is 64.0 cm³/mol. The van der Waals surface area contributed by atoms with Crippen LogP contribution in [0.15, 0.2) is 13.4 Å². The molecule has 0 spiro atoms. The maximum absolute atomic E-state index is 12.7. The van der Waals surface area contributed by atoms with Gasteiger partial charge in [0.15, 0.2) is 0 Å². The Labute approximate surface area is 111 Å². The second-order valence-corrected chi connectivity index (χ2v) is 5.44. The van der Waals surface area contributed by atoms with Crippen molar-refractivity contribution >= 4 is 47.8 Å². The molecule has 0 amide bonds. The summed E-state index contributed by atoms with van der Waals surface area (Å²) < 4.78 is 39.0. The van der Waals surface area contributed by atoms with Crippen LogP contribution in [0, 0.1) is 13.8 Å². The van der Waals surface area contributed by atoms with Gasteiger partial charge in [0.25, 0.3) is 0 Å². The van der Waals surface area contributed by atoms with Gasteiger partial charge in [-0.15, -0.1) is 0 Å². The van der Waals surface area contributed by atoms with E-state index in [0.29, 0.717) is 15.6 Å². The van der Waals surface area contributed by atoms with Crippen molar-refractivity contribution in [1.29, 1.82) is 0 Å². The highest BCUT2D eigenvalue weighted by molar-refractivity contribution is 9.11. The van der Waals surface area contributed by atoms with E-state index in [2.05, 4.69) is 47.8 Å². The Hall–Kier alpha value is 0.450. The second-order valence-electron chi connectivity index (χ2n) is 3.06. The normalized spacial score (nSPS) is 12.0. The van der Waals surface area contributed by atoms with Crippen molar-refractivity contribution in [3.8, 4) is 0 Å². The molecule has 84 valence electrons. The first-order chi connectivity index (χ1) is 6.68. The third-order valence-corrected chi connectivity index (χ3v) is 5.21. The van der Waals surface area contributed by atoms with Crippen molar-refractivity contribution in [2.24, 2.45) is 0 Å². The van der Waals surface area contributed by atoms with Crippen molar-refractivity contribution < 1.29 is 13.2 Å². The van der Waals surface area contributed by atoms with Crippen LogP contribution in [0.3, 0.4) is 0 Å². The van der Waals surface area contributed by atoms with Crippen LogP contribution >= 0.6 is 47.8 Å². The average Bonchev–Trinajstić information content (AvgIpc) is 2.09. The molecule has 0 heterocycles. The Morgan fingerprint density at radius 1 is 0.800 bits per heavy atom. The minimum Gasteiger partial charge on any atom is -0.166 e. The summed E-state index contributed by atoms with van der Waals surface area (Å²) in [6.07, 6.45) is -4.37. The quantitative estimate of drug-likeness (QED) is 0.521. The Morgan fingerprint density at radius 2 is 1.13 bits per heavy atom. The molecule has 0 saturated carbocycles. The summed E-state index contributed by atoms with van der Waals surface area (Å²) in [7, 11) is 0. The van der Waals surface area contributed by atoms with Gasteiger partial charge in [0.2, 0.25) is 0 Å². The monoisotopic (exact) mass is 408 g/mol. The molecule has 0 aliphatic carbocycles. The topological polar surface area (TPSA) is 0 Å². The molecular weight excluding hydrogens is 405 g/mol. The number of rotatable bonds is 0. The van der Waals surface area contributed by atoms with Crippen LogP contribution in [0.25, 0.3) is 0 Å². The van der Waals surface area contributed by atoms with E-state index < -0.39 is 11.7 Å². The standard InChI is InChI=1S/C9H6Br3F3/c1-3-6(10)4(2)8(12)5(7(3)11)9(13,14)15/h1-2H3. The number of hydrogen-bond acceptors (Lipinski definition) is 0. The molecule has 1 aromatic carbocycles. The van der Waals surface area contributed by atoms with Crippen molar-refractivity contribution in [3.05, 3.63) is 30.1 Å². The van der Waals surface area contributed by atoms with Gasteiger partial charge >= 0.3 is 6.18 Å². The Bertz CT molecular complexity index is 381. The highest BCUT2D eigenvalue weighted by atomic mass is 79.9. The number of benzene rings is 1. The zero-order valence-electron chi connectivity index (χ0n) is 7.77. The van der Waals surface area contributed by atoms with Crippen molar-refractivity contribution in [2.45, 2.75) is 20.0 Å². The Balaban J connectivity index is 3.68. The molecule has 1 aromatic rings. The van der Waals surface area contributed by atoms with Crippen molar-refractivity contribution in [1.82, 2.24) is 0 Å². The van der Waals surface area contributed by atoms with E-state index in [-0.39, 0.29) is 8.95 Å². The van der Waals surface area contributed by atoms with E-state index in [0.717, 1.165) is 0 Å². The third kappa shape index (κ3) is 2.42. The number of halogens is 6. The fourth-order valence-corrected chi connectivity index (χ4v) is 3.63. The number of hydrogen-bond donors (Lipinski definition) is 0. The predicted octanol–water partition coefficient (Wildman–Crippen LogP) is 5.61. The average molecular weight is 411 g/mol. The molecule has 0 unspecified atom stereocenters. The van der Waals surface area contributed by atoms with Gasteiger partial charge < -0.3 is 0 Å². The molecule has 0 aliphatic rings. The molecule has 0 aromatic heterocycles. The molecule has 0 bridgehead atoms. The van der Waals surface area contributed by atoms with Gasteiger partial charge in [0, 0.05) is 13.4 Å². The molecule has 1 rings (SSSR count). The molecular formula is C9H6Br3F3. The van der Waals surface area contributed by atoms with E-state index in [1.54, 1.807) is 13.8 Å². The molecule has 6 heteroatoms. The lowest BCUT2D eigenvalue weighted by atomic mass is 10.1. The van der Waals surface area contributed by atoms with Crippen LogP contribution < -0.4 is 0 Å². The smallest absolute Gasteiger partial charge is 0.166 e. The Morgan fingerprint density at radius 3 is 1.40 bits per heavy atom. The molecule has 15 heavy (non-hydrogen) atoms. The van der Waals surface area contributed by atoms with Crippen LogP contribution in [-0.4, -0.2) is 0 Å². The lowest BCUT2D eigenvalue weighted by Gasteiger charge is -2.17. The van der Waals surface area contributed by atoms with Crippen LogP contribution in [0.4, 0.5) is 13.2 Å². The third-order valence-electron chi connectivity index (χ3n) is 2.04. The van der Waals surface area contributed by atoms with E-state index in [1.165, 1.54) is 0 Å². The molecule has 0 saturated heterocycles. The SMILES string of the molecule is Cc1c(Br)c(C)c(Br)c(C(F)(F)F)c1Br. The summed E-state index contributed by atoms with van der Waals surface area (Å²) in [6.45, 7) is 3.26. The van der Waals surface area contributed by atoms with E-state index in [4.69, 9.17) is 0 Å².